The summed E-state index contributed by atoms with van der Waals surface area (Å²) in [7, 11) is 0. The Balaban J connectivity index is 1.49. The second-order valence-corrected chi connectivity index (χ2v) is 6.63. The Hall–Kier alpha value is -3.22. The molecule has 0 saturated carbocycles. The second-order valence-electron chi connectivity index (χ2n) is 6.63. The first kappa shape index (κ1) is 17.2. The van der Waals surface area contributed by atoms with Crippen molar-refractivity contribution in [1.82, 2.24) is 20.4 Å². The molecule has 0 radical (unpaired) electrons. The lowest BCUT2D eigenvalue weighted by atomic mass is 10.2. The summed E-state index contributed by atoms with van der Waals surface area (Å²) in [6, 6.07) is 13.2. The summed E-state index contributed by atoms with van der Waals surface area (Å²) in [4.78, 5) is 23.6. The van der Waals surface area contributed by atoms with Gasteiger partial charge in [0.1, 0.15) is 5.69 Å². The van der Waals surface area contributed by atoms with Crippen molar-refractivity contribution < 1.29 is 9.32 Å². The largest absolute Gasteiger partial charge is 0.350 e. The predicted molar refractivity (Wildman–Crippen MR) is 101 cm³/mol. The Morgan fingerprint density at radius 3 is 2.67 bits per heavy atom. The number of rotatable bonds is 5. The van der Waals surface area contributed by atoms with Gasteiger partial charge in [0, 0.05) is 31.4 Å². The molecular weight excluding hydrogens is 342 g/mol. The van der Waals surface area contributed by atoms with E-state index in [1.807, 2.05) is 43.3 Å². The van der Waals surface area contributed by atoms with Crippen LogP contribution in [0.15, 0.2) is 47.0 Å². The smallest absolute Gasteiger partial charge is 0.290 e. The molecule has 138 valence electrons. The number of anilines is 1. The van der Waals surface area contributed by atoms with Gasteiger partial charge in [-0.3, -0.25) is 4.79 Å². The molecule has 0 bridgehead atoms. The molecule has 1 aromatic carbocycles. The van der Waals surface area contributed by atoms with E-state index >= 15 is 0 Å². The van der Waals surface area contributed by atoms with Gasteiger partial charge in [0.15, 0.2) is 0 Å². The Labute approximate surface area is 157 Å². The van der Waals surface area contributed by atoms with E-state index in [-0.39, 0.29) is 11.7 Å². The minimum Gasteiger partial charge on any atom is -0.350 e. The SMILES string of the molecule is Cc1cc(-c2cc(C(=O)NCc3ccccc3)on2)nc(N2CCCC2)n1. The van der Waals surface area contributed by atoms with E-state index < -0.39 is 0 Å². The average Bonchev–Trinajstić information content (AvgIpc) is 3.38. The number of nitrogens with one attached hydrogen (secondary N) is 1. The van der Waals surface area contributed by atoms with Crippen molar-refractivity contribution in [2.24, 2.45) is 0 Å². The van der Waals surface area contributed by atoms with Crippen LogP contribution in [0.5, 0.6) is 0 Å². The van der Waals surface area contributed by atoms with Crippen LogP contribution >= 0.6 is 0 Å². The maximum Gasteiger partial charge on any atom is 0.290 e. The standard InChI is InChI=1S/C20H21N5O2/c1-14-11-16(23-20(22-14)25-9-5-6-10-25)17-12-18(27-24-17)19(26)21-13-15-7-3-2-4-8-15/h2-4,7-8,11-12H,5-6,9-10,13H2,1H3,(H,21,26). The number of aromatic nitrogens is 3. The lowest BCUT2D eigenvalue weighted by molar-refractivity contribution is 0.0914. The van der Waals surface area contributed by atoms with E-state index in [2.05, 4.69) is 25.3 Å². The topological polar surface area (TPSA) is 84.2 Å². The van der Waals surface area contributed by atoms with Crippen LogP contribution in [0, 0.1) is 6.92 Å². The number of nitrogens with zero attached hydrogens (tertiary/aromatic N) is 4. The van der Waals surface area contributed by atoms with E-state index in [1.165, 1.54) is 0 Å². The minimum atomic E-state index is -0.303. The van der Waals surface area contributed by atoms with Gasteiger partial charge in [0.25, 0.3) is 5.91 Å². The Bertz CT molecular complexity index is 933. The summed E-state index contributed by atoms with van der Waals surface area (Å²) in [6.45, 7) is 4.30. The summed E-state index contributed by atoms with van der Waals surface area (Å²) in [5, 5.41) is 6.86. The molecular formula is C20H21N5O2. The molecule has 0 spiro atoms. The highest BCUT2D eigenvalue weighted by Gasteiger charge is 2.19. The Kier molecular flexibility index (Phi) is 4.82. The molecule has 0 unspecified atom stereocenters. The summed E-state index contributed by atoms with van der Waals surface area (Å²) < 4.78 is 5.24. The average molecular weight is 363 g/mol. The lowest BCUT2D eigenvalue weighted by Gasteiger charge is -2.15. The van der Waals surface area contributed by atoms with Crippen LogP contribution in [0.25, 0.3) is 11.4 Å². The van der Waals surface area contributed by atoms with Gasteiger partial charge in [0.05, 0.1) is 5.69 Å². The first-order valence-corrected chi connectivity index (χ1v) is 9.09. The number of carbonyl (C=O) groups is 1. The highest BCUT2D eigenvalue weighted by molar-refractivity contribution is 5.92. The van der Waals surface area contributed by atoms with Crippen molar-refractivity contribution in [2.45, 2.75) is 26.3 Å². The monoisotopic (exact) mass is 363 g/mol. The molecule has 0 atom stereocenters. The van der Waals surface area contributed by atoms with Gasteiger partial charge in [-0.2, -0.15) is 0 Å². The normalized spacial score (nSPS) is 13.7. The van der Waals surface area contributed by atoms with Gasteiger partial charge in [-0.15, -0.1) is 0 Å². The van der Waals surface area contributed by atoms with Gasteiger partial charge in [-0.1, -0.05) is 35.5 Å². The third-order valence-electron chi connectivity index (χ3n) is 4.52. The fourth-order valence-electron chi connectivity index (χ4n) is 3.11. The number of amides is 1. The first-order chi connectivity index (χ1) is 13.2. The second kappa shape index (κ2) is 7.57. The van der Waals surface area contributed by atoms with Crippen molar-refractivity contribution in [3.05, 3.63) is 59.5 Å². The van der Waals surface area contributed by atoms with Gasteiger partial charge in [-0.05, 0) is 31.4 Å². The third kappa shape index (κ3) is 3.97. The van der Waals surface area contributed by atoms with Crippen molar-refractivity contribution in [3.63, 3.8) is 0 Å². The molecule has 1 N–H and O–H groups in total. The minimum absolute atomic E-state index is 0.167. The Morgan fingerprint density at radius 2 is 1.89 bits per heavy atom. The molecule has 3 heterocycles. The lowest BCUT2D eigenvalue weighted by Crippen LogP contribution is -2.22. The van der Waals surface area contributed by atoms with Crippen molar-refractivity contribution in [1.29, 1.82) is 0 Å². The molecule has 1 fully saturated rings. The van der Waals surface area contributed by atoms with E-state index in [0.717, 1.165) is 37.2 Å². The van der Waals surface area contributed by atoms with Gasteiger partial charge in [0.2, 0.25) is 11.7 Å². The maximum absolute atomic E-state index is 12.3. The van der Waals surface area contributed by atoms with Gasteiger partial charge >= 0.3 is 0 Å². The maximum atomic E-state index is 12.3. The van der Waals surface area contributed by atoms with Gasteiger partial charge in [-0.25, -0.2) is 9.97 Å². The molecule has 1 aliphatic heterocycles. The zero-order chi connectivity index (χ0) is 18.6. The number of hydrogen-bond donors (Lipinski definition) is 1. The zero-order valence-electron chi connectivity index (χ0n) is 15.2. The van der Waals surface area contributed by atoms with Crippen LogP contribution in [0.3, 0.4) is 0 Å². The van der Waals surface area contributed by atoms with E-state index in [4.69, 9.17) is 4.52 Å². The molecule has 27 heavy (non-hydrogen) atoms. The number of hydrogen-bond acceptors (Lipinski definition) is 6. The first-order valence-electron chi connectivity index (χ1n) is 9.09. The van der Waals surface area contributed by atoms with Crippen molar-refractivity contribution >= 4 is 11.9 Å². The molecule has 1 aliphatic rings. The summed E-state index contributed by atoms with van der Waals surface area (Å²) in [5.74, 6) is 0.573. The van der Waals surface area contributed by atoms with Crippen LogP contribution in [0.2, 0.25) is 0 Å². The van der Waals surface area contributed by atoms with Crippen LogP contribution in [0.4, 0.5) is 5.95 Å². The summed E-state index contributed by atoms with van der Waals surface area (Å²) >= 11 is 0. The molecule has 7 heteroatoms. The fourth-order valence-corrected chi connectivity index (χ4v) is 3.11. The summed E-state index contributed by atoms with van der Waals surface area (Å²) in [5.41, 5.74) is 3.08. The summed E-state index contributed by atoms with van der Waals surface area (Å²) in [6.07, 6.45) is 2.31. The molecule has 3 aromatic rings. The van der Waals surface area contributed by atoms with E-state index in [1.54, 1.807) is 6.07 Å². The predicted octanol–water partition coefficient (Wildman–Crippen LogP) is 2.97. The number of carbonyl (C=O) groups excluding carboxylic acids is 1. The van der Waals surface area contributed by atoms with Crippen LogP contribution in [0.1, 0.15) is 34.7 Å². The molecule has 1 amide bonds. The third-order valence-corrected chi connectivity index (χ3v) is 4.52. The molecule has 0 aliphatic carbocycles. The molecule has 4 rings (SSSR count). The molecule has 2 aromatic heterocycles. The zero-order valence-corrected chi connectivity index (χ0v) is 15.2. The molecule has 1 saturated heterocycles. The molecule has 7 nitrogen and oxygen atoms in total. The number of benzene rings is 1. The van der Waals surface area contributed by atoms with Gasteiger partial charge < -0.3 is 14.7 Å². The fraction of sp³-hybridized carbons (Fsp3) is 0.300. The number of aryl methyl sites for hydroxylation is 1. The van der Waals surface area contributed by atoms with Crippen LogP contribution < -0.4 is 10.2 Å². The Morgan fingerprint density at radius 1 is 1.11 bits per heavy atom. The quantitative estimate of drug-likeness (QED) is 0.750. The highest BCUT2D eigenvalue weighted by Crippen LogP contribution is 2.22. The van der Waals surface area contributed by atoms with Crippen LogP contribution in [-0.4, -0.2) is 34.1 Å². The van der Waals surface area contributed by atoms with Crippen molar-refractivity contribution in [2.75, 3.05) is 18.0 Å². The highest BCUT2D eigenvalue weighted by atomic mass is 16.5. The van der Waals surface area contributed by atoms with E-state index in [0.29, 0.717) is 23.9 Å². The van der Waals surface area contributed by atoms with Crippen LogP contribution in [-0.2, 0) is 6.54 Å². The van der Waals surface area contributed by atoms with E-state index in [9.17, 15) is 4.79 Å². The van der Waals surface area contributed by atoms with Crippen molar-refractivity contribution in [3.8, 4) is 11.4 Å².